The van der Waals surface area contributed by atoms with E-state index in [2.05, 4.69) is 10.2 Å². The van der Waals surface area contributed by atoms with E-state index in [1.54, 1.807) is 0 Å². The van der Waals surface area contributed by atoms with Gasteiger partial charge in [0.1, 0.15) is 17.6 Å². The average Bonchev–Trinajstić information content (AvgIpc) is 2.99. The van der Waals surface area contributed by atoms with E-state index in [-0.39, 0.29) is 24.5 Å². The highest BCUT2D eigenvalue weighted by Crippen LogP contribution is 2.41. The van der Waals surface area contributed by atoms with E-state index in [4.69, 9.17) is 21.1 Å². The maximum Gasteiger partial charge on any atom is 0.240 e. The number of fused-ring (bicyclic) bond motifs is 1. The summed E-state index contributed by atoms with van der Waals surface area (Å²) < 4.78 is 12.4. The zero-order valence-electron chi connectivity index (χ0n) is 20.8. The van der Waals surface area contributed by atoms with Gasteiger partial charge in [0, 0.05) is 25.5 Å². The third-order valence-electron chi connectivity index (χ3n) is 8.66. The van der Waals surface area contributed by atoms with Crippen molar-refractivity contribution in [1.29, 1.82) is 0 Å². The predicted octanol–water partition coefficient (Wildman–Crippen LogP) is 2.60. The standard InChI is InChI=1S/C25H43ClN2O5S/c1-14(26)20(19-12-18(29)22(30)25(33-19)34-3)27-24(31)21-23-17(13-28(21)2)11-16(9-10-32-23)15-7-5-4-6-8-15/h14-23,25,29-30H,4-13H2,1-3H3,(H,27,31)/t14-,16+,17-,18?,19-,20+,21-,22+,23+,25?/m0/s1. The second kappa shape index (κ2) is 12.0. The number of hydrogen-bond donors (Lipinski definition) is 3. The quantitative estimate of drug-likeness (QED) is 0.465. The lowest BCUT2D eigenvalue weighted by molar-refractivity contribution is -0.149. The van der Waals surface area contributed by atoms with Gasteiger partial charge >= 0.3 is 0 Å². The summed E-state index contributed by atoms with van der Waals surface area (Å²) in [5.74, 6) is 1.79. The Morgan fingerprint density at radius 1 is 1.12 bits per heavy atom. The molecule has 0 bridgehead atoms. The number of thioether (sulfide) groups is 1. The minimum absolute atomic E-state index is 0.0893. The van der Waals surface area contributed by atoms with Crippen molar-refractivity contribution in [2.45, 2.75) is 106 Å². The lowest BCUT2D eigenvalue weighted by Gasteiger charge is -2.41. The molecule has 3 saturated heterocycles. The molecular weight excluding hydrogens is 476 g/mol. The van der Waals surface area contributed by atoms with Gasteiger partial charge in [-0.25, -0.2) is 0 Å². The number of amides is 1. The van der Waals surface area contributed by atoms with E-state index in [0.717, 1.165) is 31.9 Å². The summed E-state index contributed by atoms with van der Waals surface area (Å²) in [4.78, 5) is 15.7. The summed E-state index contributed by atoms with van der Waals surface area (Å²) in [6.45, 7) is 3.42. The van der Waals surface area contributed by atoms with Crippen molar-refractivity contribution in [1.82, 2.24) is 10.2 Å². The molecule has 196 valence electrons. The molecule has 0 aromatic rings. The second-order valence-corrected chi connectivity index (χ2v) is 12.6. The van der Waals surface area contributed by atoms with Crippen molar-refractivity contribution >= 4 is 29.3 Å². The van der Waals surface area contributed by atoms with Crippen molar-refractivity contribution in [2.75, 3.05) is 26.5 Å². The van der Waals surface area contributed by atoms with Crippen LogP contribution in [0.1, 0.15) is 58.3 Å². The van der Waals surface area contributed by atoms with Gasteiger partial charge in [0.25, 0.3) is 0 Å². The van der Waals surface area contributed by atoms with Crippen molar-refractivity contribution in [2.24, 2.45) is 17.8 Å². The van der Waals surface area contributed by atoms with Crippen LogP contribution < -0.4 is 5.32 Å². The number of hydrogen-bond acceptors (Lipinski definition) is 7. The molecule has 7 nitrogen and oxygen atoms in total. The van der Waals surface area contributed by atoms with Crippen LogP contribution in [0.25, 0.3) is 0 Å². The fraction of sp³-hybridized carbons (Fsp3) is 0.960. The van der Waals surface area contributed by atoms with Crippen LogP contribution >= 0.6 is 23.4 Å². The molecule has 10 atom stereocenters. The predicted molar refractivity (Wildman–Crippen MR) is 135 cm³/mol. The van der Waals surface area contributed by atoms with Crippen LogP contribution in [0.2, 0.25) is 0 Å². The van der Waals surface area contributed by atoms with Crippen molar-refractivity contribution in [3.63, 3.8) is 0 Å². The van der Waals surface area contributed by atoms with Crippen LogP contribution in [0.3, 0.4) is 0 Å². The minimum atomic E-state index is -0.952. The number of alkyl halides is 1. The van der Waals surface area contributed by atoms with Gasteiger partial charge in [0.05, 0.1) is 29.7 Å². The molecule has 0 aromatic heterocycles. The molecule has 0 spiro atoms. The molecule has 4 fully saturated rings. The summed E-state index contributed by atoms with van der Waals surface area (Å²) in [7, 11) is 2.01. The summed E-state index contributed by atoms with van der Waals surface area (Å²) in [6, 6.07) is -0.831. The Labute approximate surface area is 213 Å². The summed E-state index contributed by atoms with van der Waals surface area (Å²) >= 11 is 7.87. The van der Waals surface area contributed by atoms with Gasteiger partial charge < -0.3 is 25.0 Å². The number of nitrogens with one attached hydrogen (secondary N) is 1. The number of likely N-dealkylation sites (N-methyl/N-ethyl adjacent to an activating group) is 1. The molecule has 3 heterocycles. The first kappa shape index (κ1) is 27.0. The van der Waals surface area contributed by atoms with Crippen molar-refractivity contribution in [3.05, 3.63) is 0 Å². The van der Waals surface area contributed by atoms with Gasteiger partial charge in [-0.3, -0.25) is 9.69 Å². The minimum Gasteiger partial charge on any atom is -0.390 e. The SMILES string of the molecule is CSC1O[C@H]([C@H](NC(=O)[C@@H]2[C@@H]3OCC[C@@H](C4CCCCC4)C[C@H]3CN2C)[C@H](C)Cl)CC(O)[C@H]1O. The largest absolute Gasteiger partial charge is 0.390 e. The number of aliphatic hydroxyl groups excluding tert-OH is 2. The molecule has 34 heavy (non-hydrogen) atoms. The molecule has 9 heteroatoms. The first-order valence-corrected chi connectivity index (χ1v) is 14.8. The number of nitrogens with zero attached hydrogens (tertiary/aromatic N) is 1. The van der Waals surface area contributed by atoms with Gasteiger partial charge in [0.15, 0.2) is 0 Å². The zero-order valence-corrected chi connectivity index (χ0v) is 22.3. The van der Waals surface area contributed by atoms with Gasteiger partial charge in [-0.1, -0.05) is 32.1 Å². The first-order chi connectivity index (χ1) is 16.3. The maximum atomic E-state index is 13.6. The van der Waals surface area contributed by atoms with Gasteiger partial charge in [0.2, 0.25) is 5.91 Å². The normalized spacial score (nSPS) is 41.9. The van der Waals surface area contributed by atoms with Crippen LogP contribution in [0.5, 0.6) is 0 Å². The Morgan fingerprint density at radius 3 is 2.53 bits per heavy atom. The molecule has 0 aromatic carbocycles. The molecule has 3 aliphatic heterocycles. The van der Waals surface area contributed by atoms with Crippen LogP contribution in [0, 0.1) is 17.8 Å². The van der Waals surface area contributed by atoms with Crippen LogP contribution in [0.4, 0.5) is 0 Å². The van der Waals surface area contributed by atoms with E-state index in [1.165, 1.54) is 43.9 Å². The Balaban J connectivity index is 1.42. The van der Waals surface area contributed by atoms with E-state index in [9.17, 15) is 15.0 Å². The Hall–Kier alpha value is -0.0900. The molecule has 1 amide bonds. The Bertz CT molecular complexity index is 682. The Kier molecular flexibility index (Phi) is 9.49. The van der Waals surface area contributed by atoms with Gasteiger partial charge in [-0.05, 0) is 44.9 Å². The van der Waals surface area contributed by atoms with Crippen molar-refractivity contribution in [3.8, 4) is 0 Å². The molecule has 1 saturated carbocycles. The second-order valence-electron chi connectivity index (χ2n) is 10.9. The van der Waals surface area contributed by atoms with Crippen LogP contribution in [-0.2, 0) is 14.3 Å². The molecule has 4 rings (SSSR count). The number of aliphatic hydroxyl groups is 2. The molecular formula is C25H43ClN2O5S. The number of carbonyl (C=O) groups is 1. The smallest absolute Gasteiger partial charge is 0.240 e. The topological polar surface area (TPSA) is 91.3 Å². The fourth-order valence-electron chi connectivity index (χ4n) is 6.82. The summed E-state index contributed by atoms with van der Waals surface area (Å²) in [5, 5.41) is 23.3. The molecule has 1 aliphatic carbocycles. The monoisotopic (exact) mass is 518 g/mol. The highest BCUT2D eigenvalue weighted by atomic mass is 35.5. The van der Waals surface area contributed by atoms with E-state index in [1.807, 2.05) is 20.2 Å². The van der Waals surface area contributed by atoms with E-state index in [0.29, 0.717) is 11.8 Å². The number of ether oxygens (including phenoxy) is 2. The Morgan fingerprint density at radius 2 is 1.85 bits per heavy atom. The zero-order chi connectivity index (χ0) is 24.4. The summed E-state index contributed by atoms with van der Waals surface area (Å²) in [5.41, 5.74) is -0.552. The molecule has 3 N–H and O–H groups in total. The van der Waals surface area contributed by atoms with Gasteiger partial charge in [-0.15, -0.1) is 23.4 Å². The fourth-order valence-corrected chi connectivity index (χ4v) is 7.76. The summed E-state index contributed by atoms with van der Waals surface area (Å²) in [6.07, 6.45) is 8.62. The highest BCUT2D eigenvalue weighted by molar-refractivity contribution is 7.99. The molecule has 4 aliphatic rings. The highest BCUT2D eigenvalue weighted by Gasteiger charge is 2.49. The third-order valence-corrected chi connectivity index (χ3v) is 9.78. The number of carbonyl (C=O) groups excluding carboxylic acids is 1. The number of halogens is 1. The van der Waals surface area contributed by atoms with Gasteiger partial charge in [-0.2, -0.15) is 0 Å². The van der Waals surface area contributed by atoms with Crippen molar-refractivity contribution < 1.29 is 24.5 Å². The van der Waals surface area contributed by atoms with Crippen LogP contribution in [-0.4, -0.2) is 94.8 Å². The lowest BCUT2D eigenvalue weighted by Crippen LogP contribution is -2.59. The third kappa shape index (κ3) is 5.90. The first-order valence-electron chi connectivity index (χ1n) is 13.1. The number of likely N-dealkylation sites (tertiary alicyclic amines) is 1. The average molecular weight is 519 g/mol. The maximum absolute atomic E-state index is 13.6. The van der Waals surface area contributed by atoms with E-state index < -0.39 is 35.2 Å². The van der Waals surface area contributed by atoms with E-state index >= 15 is 0 Å². The lowest BCUT2D eigenvalue weighted by atomic mass is 9.75. The molecule has 0 radical (unpaired) electrons. The van der Waals surface area contributed by atoms with Crippen LogP contribution in [0.15, 0.2) is 0 Å². The molecule has 2 unspecified atom stereocenters. The number of rotatable bonds is 6.